The van der Waals surface area contributed by atoms with Crippen molar-refractivity contribution in [1.29, 1.82) is 0 Å². The zero-order valence-electron chi connectivity index (χ0n) is 9.74. The van der Waals surface area contributed by atoms with Crippen molar-refractivity contribution in [2.24, 2.45) is 0 Å². The van der Waals surface area contributed by atoms with E-state index in [1.165, 1.54) is 0 Å². The van der Waals surface area contributed by atoms with Crippen molar-refractivity contribution in [2.45, 2.75) is 12.5 Å². The number of rotatable bonds is 6. The van der Waals surface area contributed by atoms with Crippen molar-refractivity contribution in [3.8, 4) is 0 Å². The Bertz CT molecular complexity index is 371. The lowest BCUT2D eigenvalue weighted by Crippen LogP contribution is -2.23. The summed E-state index contributed by atoms with van der Waals surface area (Å²) in [6, 6.07) is 7.51. The first-order valence-electron chi connectivity index (χ1n) is 5.43. The highest BCUT2D eigenvalue weighted by Gasteiger charge is 2.07. The number of aliphatic hydroxyl groups is 1. The van der Waals surface area contributed by atoms with E-state index < -0.39 is 6.10 Å². The summed E-state index contributed by atoms with van der Waals surface area (Å²) in [6.07, 6.45) is -0.277. The van der Waals surface area contributed by atoms with Crippen LogP contribution in [-0.2, 0) is 11.2 Å². The first-order valence-corrected chi connectivity index (χ1v) is 5.97. The van der Waals surface area contributed by atoms with Crippen LogP contribution in [0.5, 0.6) is 0 Å². The molecule has 0 radical (unpaired) electrons. The van der Waals surface area contributed by atoms with Gasteiger partial charge in [0.05, 0.1) is 18.4 Å². The molecule has 1 amide bonds. The number of carbonyl (C=O) groups is 1. The molecule has 0 aliphatic carbocycles. The van der Waals surface area contributed by atoms with E-state index in [0.29, 0.717) is 13.0 Å². The summed E-state index contributed by atoms with van der Waals surface area (Å²) >= 11 is 5.51. The highest BCUT2D eigenvalue weighted by atomic mass is 35.5. The third kappa shape index (κ3) is 4.63. The molecule has 1 aromatic carbocycles. The van der Waals surface area contributed by atoms with Gasteiger partial charge < -0.3 is 15.7 Å². The lowest BCUT2D eigenvalue weighted by molar-refractivity contribution is -0.119. The standard InChI is InChI=1S/C12H17ClN2O2/c1-14-12(17)6-9-4-2-3-5-11(9)15-8-10(16)7-13/h2-5,10,15-16H,6-8H2,1H3,(H,14,17). The van der Waals surface area contributed by atoms with Crippen LogP contribution in [0.4, 0.5) is 5.69 Å². The molecule has 0 saturated heterocycles. The Hall–Kier alpha value is -1.26. The van der Waals surface area contributed by atoms with Gasteiger partial charge in [-0.25, -0.2) is 0 Å². The molecule has 0 saturated carbocycles. The van der Waals surface area contributed by atoms with Crippen LogP contribution >= 0.6 is 11.6 Å². The summed E-state index contributed by atoms with van der Waals surface area (Å²) < 4.78 is 0. The number of alkyl halides is 1. The Kier molecular flexibility index (Phi) is 5.80. The number of likely N-dealkylation sites (N-methyl/N-ethyl adjacent to an activating group) is 1. The van der Waals surface area contributed by atoms with Crippen LogP contribution < -0.4 is 10.6 Å². The molecule has 94 valence electrons. The summed E-state index contributed by atoms with van der Waals surface area (Å²) in [5.41, 5.74) is 1.74. The first-order chi connectivity index (χ1) is 8.17. The fraction of sp³-hybridized carbons (Fsp3) is 0.417. The van der Waals surface area contributed by atoms with Crippen molar-refractivity contribution < 1.29 is 9.90 Å². The maximum absolute atomic E-state index is 11.3. The van der Waals surface area contributed by atoms with E-state index in [-0.39, 0.29) is 11.8 Å². The van der Waals surface area contributed by atoms with E-state index in [4.69, 9.17) is 11.6 Å². The molecule has 0 aliphatic rings. The number of hydrogen-bond donors (Lipinski definition) is 3. The highest BCUT2D eigenvalue weighted by molar-refractivity contribution is 6.18. The Balaban J connectivity index is 2.67. The highest BCUT2D eigenvalue weighted by Crippen LogP contribution is 2.15. The van der Waals surface area contributed by atoms with Gasteiger partial charge in [-0.3, -0.25) is 4.79 Å². The summed E-state index contributed by atoms with van der Waals surface area (Å²) in [5, 5.41) is 15.0. The number of para-hydroxylation sites is 1. The average Bonchev–Trinajstić information content (AvgIpc) is 2.37. The minimum atomic E-state index is -0.593. The number of benzene rings is 1. The minimum absolute atomic E-state index is 0.0443. The quantitative estimate of drug-likeness (QED) is 0.665. The summed E-state index contributed by atoms with van der Waals surface area (Å²) in [5.74, 6) is 0.141. The lowest BCUT2D eigenvalue weighted by Gasteiger charge is -2.13. The molecular formula is C12H17ClN2O2. The SMILES string of the molecule is CNC(=O)Cc1ccccc1NCC(O)CCl. The predicted octanol–water partition coefficient (Wildman–Crippen LogP) is 0.987. The van der Waals surface area contributed by atoms with Crippen LogP contribution in [0.25, 0.3) is 0 Å². The molecule has 1 atom stereocenters. The second kappa shape index (κ2) is 7.14. The second-order valence-corrected chi connectivity index (χ2v) is 4.00. The number of amides is 1. The van der Waals surface area contributed by atoms with Crippen molar-refractivity contribution in [3.63, 3.8) is 0 Å². The number of nitrogens with one attached hydrogen (secondary N) is 2. The molecule has 1 rings (SSSR count). The molecule has 0 spiro atoms. The monoisotopic (exact) mass is 256 g/mol. The van der Waals surface area contributed by atoms with Gasteiger partial charge in [0.15, 0.2) is 0 Å². The molecule has 0 heterocycles. The topological polar surface area (TPSA) is 61.4 Å². The molecule has 17 heavy (non-hydrogen) atoms. The number of halogens is 1. The largest absolute Gasteiger partial charge is 0.390 e. The van der Waals surface area contributed by atoms with E-state index in [9.17, 15) is 9.90 Å². The fourth-order valence-corrected chi connectivity index (χ4v) is 1.50. The maximum atomic E-state index is 11.3. The summed E-state index contributed by atoms with van der Waals surface area (Å²) in [6.45, 7) is 0.369. The molecule has 0 aliphatic heterocycles. The molecule has 1 aromatic rings. The molecule has 0 aromatic heterocycles. The Morgan fingerprint density at radius 3 is 2.82 bits per heavy atom. The molecule has 3 N–H and O–H groups in total. The van der Waals surface area contributed by atoms with Gasteiger partial charge >= 0.3 is 0 Å². The van der Waals surface area contributed by atoms with Gasteiger partial charge in [0.1, 0.15) is 0 Å². The van der Waals surface area contributed by atoms with E-state index in [2.05, 4.69) is 10.6 Å². The third-order valence-corrected chi connectivity index (χ3v) is 2.71. The van der Waals surface area contributed by atoms with Crippen LogP contribution in [0.2, 0.25) is 0 Å². The van der Waals surface area contributed by atoms with Gasteiger partial charge in [0, 0.05) is 19.3 Å². The summed E-state index contributed by atoms with van der Waals surface area (Å²) in [7, 11) is 1.61. The summed E-state index contributed by atoms with van der Waals surface area (Å²) in [4.78, 5) is 11.3. The average molecular weight is 257 g/mol. The first kappa shape index (κ1) is 13.8. The van der Waals surface area contributed by atoms with E-state index in [0.717, 1.165) is 11.3 Å². The van der Waals surface area contributed by atoms with Gasteiger partial charge in [0.2, 0.25) is 5.91 Å². The fourth-order valence-electron chi connectivity index (χ4n) is 1.39. The zero-order valence-corrected chi connectivity index (χ0v) is 10.5. The van der Waals surface area contributed by atoms with Gasteiger partial charge in [-0.05, 0) is 11.6 Å². The minimum Gasteiger partial charge on any atom is -0.390 e. The van der Waals surface area contributed by atoms with Crippen LogP contribution in [0.1, 0.15) is 5.56 Å². The van der Waals surface area contributed by atoms with Crippen LogP contribution in [-0.4, -0.2) is 36.6 Å². The Morgan fingerprint density at radius 1 is 1.47 bits per heavy atom. The molecule has 0 fully saturated rings. The smallest absolute Gasteiger partial charge is 0.224 e. The second-order valence-electron chi connectivity index (χ2n) is 3.70. The van der Waals surface area contributed by atoms with Gasteiger partial charge in [0.25, 0.3) is 0 Å². The molecule has 4 nitrogen and oxygen atoms in total. The molecular weight excluding hydrogens is 240 g/mol. The van der Waals surface area contributed by atoms with Crippen molar-refractivity contribution in [1.82, 2.24) is 5.32 Å². The van der Waals surface area contributed by atoms with E-state index in [1.807, 2.05) is 24.3 Å². The van der Waals surface area contributed by atoms with Crippen molar-refractivity contribution >= 4 is 23.2 Å². The number of hydrogen-bond acceptors (Lipinski definition) is 3. The Labute approximate surface area is 106 Å². The lowest BCUT2D eigenvalue weighted by atomic mass is 10.1. The van der Waals surface area contributed by atoms with Crippen LogP contribution in [0, 0.1) is 0 Å². The predicted molar refractivity (Wildman–Crippen MR) is 69.4 cm³/mol. The normalized spacial score (nSPS) is 11.9. The van der Waals surface area contributed by atoms with Gasteiger partial charge in [-0.2, -0.15) is 0 Å². The van der Waals surface area contributed by atoms with Crippen LogP contribution in [0.3, 0.4) is 0 Å². The number of carbonyl (C=O) groups excluding carboxylic acids is 1. The number of anilines is 1. The zero-order chi connectivity index (χ0) is 12.7. The van der Waals surface area contributed by atoms with Crippen LogP contribution in [0.15, 0.2) is 24.3 Å². The van der Waals surface area contributed by atoms with E-state index in [1.54, 1.807) is 7.05 Å². The molecule has 1 unspecified atom stereocenters. The van der Waals surface area contributed by atoms with Crippen molar-refractivity contribution in [2.75, 3.05) is 24.8 Å². The number of aliphatic hydroxyl groups excluding tert-OH is 1. The third-order valence-electron chi connectivity index (χ3n) is 2.35. The van der Waals surface area contributed by atoms with Crippen molar-refractivity contribution in [3.05, 3.63) is 29.8 Å². The molecule has 5 heteroatoms. The maximum Gasteiger partial charge on any atom is 0.224 e. The van der Waals surface area contributed by atoms with E-state index >= 15 is 0 Å². The Morgan fingerprint density at radius 2 is 2.18 bits per heavy atom. The molecule has 0 bridgehead atoms. The van der Waals surface area contributed by atoms with Gasteiger partial charge in [-0.15, -0.1) is 11.6 Å². The van der Waals surface area contributed by atoms with Gasteiger partial charge in [-0.1, -0.05) is 18.2 Å².